The van der Waals surface area contributed by atoms with E-state index in [1.165, 1.54) is 0 Å². The van der Waals surface area contributed by atoms with Gasteiger partial charge in [0, 0.05) is 38.1 Å². The summed E-state index contributed by atoms with van der Waals surface area (Å²) in [6.07, 6.45) is 6.78. The number of hydrogen-bond donors (Lipinski definition) is 0. The number of aryl methyl sites for hydroxylation is 2. The molecule has 0 unspecified atom stereocenters. The second-order valence-electron chi connectivity index (χ2n) is 7.49. The van der Waals surface area contributed by atoms with Gasteiger partial charge >= 0.3 is 5.69 Å². The van der Waals surface area contributed by atoms with Crippen molar-refractivity contribution in [2.24, 2.45) is 13.0 Å². The Bertz CT molecular complexity index is 909. The van der Waals surface area contributed by atoms with Crippen molar-refractivity contribution in [2.75, 3.05) is 13.1 Å². The average Bonchev–Trinajstić information content (AvgIpc) is 3.08. The van der Waals surface area contributed by atoms with Crippen LogP contribution in [0, 0.1) is 5.92 Å². The molecule has 2 aliphatic rings. The first-order valence-corrected chi connectivity index (χ1v) is 9.43. The predicted molar refractivity (Wildman–Crippen MR) is 98.0 cm³/mol. The Hall–Kier alpha value is -2.28. The Morgan fingerprint density at radius 3 is 2.81 bits per heavy atom. The van der Waals surface area contributed by atoms with E-state index in [2.05, 4.69) is 15.0 Å². The van der Waals surface area contributed by atoms with E-state index in [9.17, 15) is 9.59 Å². The molecule has 1 saturated heterocycles. The minimum Gasteiger partial charge on any atom is -0.298 e. The van der Waals surface area contributed by atoms with Crippen molar-refractivity contribution in [3.05, 3.63) is 56.1 Å². The van der Waals surface area contributed by atoms with Gasteiger partial charge in [-0.1, -0.05) is 0 Å². The second-order valence-corrected chi connectivity index (χ2v) is 7.49. The van der Waals surface area contributed by atoms with Crippen molar-refractivity contribution < 1.29 is 0 Å². The van der Waals surface area contributed by atoms with E-state index >= 15 is 0 Å². The quantitative estimate of drug-likeness (QED) is 0.809. The van der Waals surface area contributed by atoms with E-state index in [1.54, 1.807) is 28.6 Å². The molecule has 0 radical (unpaired) electrons. The minimum atomic E-state index is -0.209. The molecule has 0 atom stereocenters. The fraction of sp³-hybridized carbons (Fsp3) is 0.579. The monoisotopic (exact) mass is 355 g/mol. The molecule has 2 aromatic heterocycles. The highest BCUT2D eigenvalue weighted by atomic mass is 16.1. The summed E-state index contributed by atoms with van der Waals surface area (Å²) in [5.74, 6) is 0.483. The summed E-state index contributed by atoms with van der Waals surface area (Å²) in [4.78, 5) is 30.1. The van der Waals surface area contributed by atoms with Gasteiger partial charge in [-0.05, 0) is 62.7 Å². The molecule has 4 rings (SSSR count). The third-order valence-corrected chi connectivity index (χ3v) is 5.72. The zero-order chi connectivity index (χ0) is 18.1. The van der Waals surface area contributed by atoms with Gasteiger partial charge in [0.05, 0.1) is 5.69 Å². The summed E-state index contributed by atoms with van der Waals surface area (Å²) >= 11 is 0. The van der Waals surface area contributed by atoms with Crippen LogP contribution in [0.5, 0.6) is 0 Å². The number of rotatable bonds is 4. The molecule has 7 nitrogen and oxygen atoms in total. The van der Waals surface area contributed by atoms with E-state index in [0.29, 0.717) is 12.5 Å². The summed E-state index contributed by atoms with van der Waals surface area (Å²) in [5, 5.41) is 4.60. The van der Waals surface area contributed by atoms with Crippen LogP contribution in [0.25, 0.3) is 0 Å². The van der Waals surface area contributed by atoms with Gasteiger partial charge in [0.1, 0.15) is 0 Å². The third-order valence-electron chi connectivity index (χ3n) is 5.72. The van der Waals surface area contributed by atoms with E-state index < -0.39 is 0 Å². The van der Waals surface area contributed by atoms with Crippen molar-refractivity contribution in [3.63, 3.8) is 0 Å². The molecule has 0 bridgehead atoms. The number of piperidine rings is 1. The maximum absolute atomic E-state index is 12.3. The van der Waals surface area contributed by atoms with Crippen LogP contribution in [0.3, 0.4) is 0 Å². The lowest BCUT2D eigenvalue weighted by Crippen LogP contribution is -2.37. The van der Waals surface area contributed by atoms with Gasteiger partial charge in [-0.25, -0.2) is 14.5 Å². The van der Waals surface area contributed by atoms with Crippen LogP contribution in [-0.2, 0) is 33.0 Å². The van der Waals surface area contributed by atoms with Crippen molar-refractivity contribution in [2.45, 2.75) is 45.2 Å². The van der Waals surface area contributed by atoms with E-state index in [-0.39, 0.29) is 11.2 Å². The highest BCUT2D eigenvalue weighted by Crippen LogP contribution is 2.21. The van der Waals surface area contributed by atoms with Crippen LogP contribution in [-0.4, -0.2) is 37.3 Å². The lowest BCUT2D eigenvalue weighted by Gasteiger charge is -2.32. The Balaban J connectivity index is 1.36. The molecule has 0 N–H and O–H groups in total. The zero-order valence-electron chi connectivity index (χ0n) is 15.2. The van der Waals surface area contributed by atoms with Crippen LogP contribution in [0.2, 0.25) is 0 Å². The number of likely N-dealkylation sites (tertiary alicyclic amines) is 1. The van der Waals surface area contributed by atoms with Crippen molar-refractivity contribution >= 4 is 0 Å². The topological polar surface area (TPSA) is 73.0 Å². The standard InChI is InChI=1S/C19H25N5O2/c1-22-16(5-8-20-19(22)26)13-23-9-6-14(7-10-23)12-24-18(25)11-15-3-2-4-17(15)21-24/h5,8,11,14H,2-4,6-7,9-10,12-13H2,1H3. The van der Waals surface area contributed by atoms with Gasteiger partial charge in [-0.3, -0.25) is 14.3 Å². The first kappa shape index (κ1) is 17.1. The van der Waals surface area contributed by atoms with Gasteiger partial charge in [0.15, 0.2) is 0 Å². The number of hydrogen-bond acceptors (Lipinski definition) is 5. The molecule has 26 heavy (non-hydrogen) atoms. The first-order chi connectivity index (χ1) is 12.6. The molecular weight excluding hydrogens is 330 g/mol. The Morgan fingerprint density at radius 2 is 2.00 bits per heavy atom. The normalized spacial score (nSPS) is 18.2. The Kier molecular flexibility index (Phi) is 4.72. The number of fused-ring (bicyclic) bond motifs is 1. The molecular formula is C19H25N5O2. The summed E-state index contributed by atoms with van der Waals surface area (Å²) < 4.78 is 3.29. The summed E-state index contributed by atoms with van der Waals surface area (Å²) in [6, 6.07) is 3.69. The van der Waals surface area contributed by atoms with Crippen molar-refractivity contribution in [1.29, 1.82) is 0 Å². The van der Waals surface area contributed by atoms with Crippen molar-refractivity contribution in [3.8, 4) is 0 Å². The van der Waals surface area contributed by atoms with Crippen molar-refractivity contribution in [1.82, 2.24) is 24.2 Å². The molecule has 0 aromatic carbocycles. The molecule has 138 valence electrons. The summed E-state index contributed by atoms with van der Waals surface area (Å²) in [5.41, 5.74) is 3.07. The lowest BCUT2D eigenvalue weighted by molar-refractivity contribution is 0.160. The molecule has 1 aliphatic carbocycles. The molecule has 1 fully saturated rings. The van der Waals surface area contributed by atoms with Crippen LogP contribution in [0.15, 0.2) is 27.9 Å². The van der Waals surface area contributed by atoms with Gasteiger partial charge < -0.3 is 0 Å². The average molecular weight is 355 g/mol. The smallest absolute Gasteiger partial charge is 0.298 e. The maximum atomic E-state index is 12.3. The fourth-order valence-electron chi connectivity index (χ4n) is 4.04. The number of aromatic nitrogens is 4. The predicted octanol–water partition coefficient (Wildman–Crippen LogP) is 0.738. The van der Waals surface area contributed by atoms with E-state index in [0.717, 1.165) is 68.7 Å². The fourth-order valence-corrected chi connectivity index (χ4v) is 4.04. The van der Waals surface area contributed by atoms with Gasteiger partial charge in [-0.15, -0.1) is 0 Å². The molecule has 2 aromatic rings. The van der Waals surface area contributed by atoms with Crippen LogP contribution in [0.4, 0.5) is 0 Å². The SMILES string of the molecule is Cn1c(CN2CCC(Cn3nc4c(cc3=O)CCC4)CC2)ccnc1=O. The second kappa shape index (κ2) is 7.15. The molecule has 1 aliphatic heterocycles. The zero-order valence-corrected chi connectivity index (χ0v) is 15.2. The summed E-state index contributed by atoms with van der Waals surface area (Å²) in [7, 11) is 1.77. The van der Waals surface area contributed by atoms with E-state index in [4.69, 9.17) is 0 Å². The first-order valence-electron chi connectivity index (χ1n) is 9.43. The highest BCUT2D eigenvalue weighted by molar-refractivity contribution is 5.22. The van der Waals surface area contributed by atoms with E-state index in [1.807, 2.05) is 6.07 Å². The van der Waals surface area contributed by atoms with Gasteiger partial charge in [-0.2, -0.15) is 5.10 Å². The molecule has 0 saturated carbocycles. The highest BCUT2D eigenvalue weighted by Gasteiger charge is 2.22. The minimum absolute atomic E-state index is 0.0415. The molecule has 0 spiro atoms. The third kappa shape index (κ3) is 3.49. The van der Waals surface area contributed by atoms with Crippen LogP contribution < -0.4 is 11.2 Å². The maximum Gasteiger partial charge on any atom is 0.347 e. The van der Waals surface area contributed by atoms with Gasteiger partial charge in [0.25, 0.3) is 5.56 Å². The molecule has 3 heterocycles. The Labute approximate surface area is 152 Å². The molecule has 0 amide bonds. The largest absolute Gasteiger partial charge is 0.347 e. The van der Waals surface area contributed by atoms with Gasteiger partial charge in [0.2, 0.25) is 0 Å². The number of nitrogens with zero attached hydrogens (tertiary/aromatic N) is 5. The summed E-state index contributed by atoms with van der Waals surface area (Å²) in [6.45, 7) is 3.42. The molecule has 7 heteroatoms. The lowest BCUT2D eigenvalue weighted by atomic mass is 9.96. The van der Waals surface area contributed by atoms with Crippen LogP contribution in [0.1, 0.15) is 36.2 Å². The van der Waals surface area contributed by atoms with Crippen LogP contribution >= 0.6 is 0 Å². The Morgan fingerprint density at radius 1 is 1.19 bits per heavy atom.